The Hall–Kier alpha value is -1.55. The van der Waals surface area contributed by atoms with Crippen molar-refractivity contribution >= 4 is 5.91 Å². The highest BCUT2D eigenvalue weighted by Crippen LogP contribution is 2.18. The maximum atomic E-state index is 11.5. The van der Waals surface area contributed by atoms with Crippen LogP contribution in [0.25, 0.3) is 0 Å². The molecule has 98 valence electrons. The Bertz CT molecular complexity index is 403. The van der Waals surface area contributed by atoms with Crippen LogP contribution in [-0.2, 0) is 11.2 Å². The largest absolute Gasteiger partial charge is 0.496 e. The van der Waals surface area contributed by atoms with Crippen molar-refractivity contribution in [2.24, 2.45) is 0 Å². The summed E-state index contributed by atoms with van der Waals surface area (Å²) in [6.07, 6.45) is 3.20. The summed E-state index contributed by atoms with van der Waals surface area (Å²) in [5.41, 5.74) is 1.12. The molecule has 4 nitrogen and oxygen atoms in total. The van der Waals surface area contributed by atoms with Crippen molar-refractivity contribution in [2.45, 2.75) is 25.3 Å². The standard InChI is InChI=1S/C14H20N2O2/c1-18-13-5-3-2-4-11(13)8-9-15-14(17)10-16-12-6-7-12/h2-5,12,16H,6-10H2,1H3,(H,15,17). The Morgan fingerprint density at radius 3 is 2.89 bits per heavy atom. The number of carbonyl (C=O) groups is 1. The summed E-state index contributed by atoms with van der Waals surface area (Å²) in [7, 11) is 1.66. The molecule has 0 heterocycles. The van der Waals surface area contributed by atoms with Crippen LogP contribution in [0.2, 0.25) is 0 Å². The van der Waals surface area contributed by atoms with Crippen LogP contribution in [0, 0.1) is 0 Å². The molecule has 0 unspecified atom stereocenters. The molecule has 1 amide bonds. The summed E-state index contributed by atoms with van der Waals surface area (Å²) in [6.45, 7) is 1.07. The zero-order valence-corrected chi connectivity index (χ0v) is 10.7. The number of ether oxygens (including phenoxy) is 1. The van der Waals surface area contributed by atoms with Crippen LogP contribution in [0.4, 0.5) is 0 Å². The van der Waals surface area contributed by atoms with Gasteiger partial charge in [0.15, 0.2) is 0 Å². The topological polar surface area (TPSA) is 50.4 Å². The molecule has 0 bridgehead atoms. The molecule has 1 saturated carbocycles. The van der Waals surface area contributed by atoms with Crippen LogP contribution in [-0.4, -0.2) is 32.1 Å². The highest BCUT2D eigenvalue weighted by atomic mass is 16.5. The summed E-state index contributed by atoms with van der Waals surface area (Å²) in [6, 6.07) is 8.46. The summed E-state index contributed by atoms with van der Waals surface area (Å²) in [5.74, 6) is 0.944. The highest BCUT2D eigenvalue weighted by Gasteiger charge is 2.20. The molecule has 0 saturated heterocycles. The Kier molecular flexibility index (Phi) is 4.59. The Labute approximate surface area is 108 Å². The first kappa shape index (κ1) is 12.9. The molecule has 18 heavy (non-hydrogen) atoms. The van der Waals surface area contributed by atoms with Gasteiger partial charge in [-0.3, -0.25) is 4.79 Å². The van der Waals surface area contributed by atoms with Gasteiger partial charge in [-0.2, -0.15) is 0 Å². The van der Waals surface area contributed by atoms with Gasteiger partial charge in [0, 0.05) is 12.6 Å². The molecule has 1 aromatic carbocycles. The van der Waals surface area contributed by atoms with Crippen molar-refractivity contribution in [1.29, 1.82) is 0 Å². The van der Waals surface area contributed by atoms with E-state index in [-0.39, 0.29) is 5.91 Å². The van der Waals surface area contributed by atoms with Gasteiger partial charge >= 0.3 is 0 Å². The third-order valence-corrected chi connectivity index (χ3v) is 3.04. The van der Waals surface area contributed by atoms with Crippen molar-refractivity contribution in [3.63, 3.8) is 0 Å². The van der Waals surface area contributed by atoms with E-state index in [0.717, 1.165) is 17.7 Å². The minimum atomic E-state index is 0.0665. The molecule has 2 rings (SSSR count). The van der Waals surface area contributed by atoms with Crippen LogP contribution >= 0.6 is 0 Å². The molecule has 1 aliphatic rings. The fraction of sp³-hybridized carbons (Fsp3) is 0.500. The lowest BCUT2D eigenvalue weighted by Gasteiger charge is -2.09. The quantitative estimate of drug-likeness (QED) is 0.760. The minimum Gasteiger partial charge on any atom is -0.496 e. The van der Waals surface area contributed by atoms with Crippen molar-refractivity contribution in [1.82, 2.24) is 10.6 Å². The van der Waals surface area contributed by atoms with E-state index in [1.807, 2.05) is 24.3 Å². The van der Waals surface area contributed by atoms with Crippen molar-refractivity contribution < 1.29 is 9.53 Å². The maximum Gasteiger partial charge on any atom is 0.233 e. The van der Waals surface area contributed by atoms with E-state index < -0.39 is 0 Å². The van der Waals surface area contributed by atoms with E-state index in [1.165, 1.54) is 12.8 Å². The van der Waals surface area contributed by atoms with Crippen LogP contribution in [0.1, 0.15) is 18.4 Å². The number of hydrogen-bond acceptors (Lipinski definition) is 3. The molecule has 1 fully saturated rings. The van der Waals surface area contributed by atoms with Crippen LogP contribution < -0.4 is 15.4 Å². The second-order valence-corrected chi connectivity index (χ2v) is 4.57. The third-order valence-electron chi connectivity index (χ3n) is 3.04. The lowest BCUT2D eigenvalue weighted by Crippen LogP contribution is -2.35. The molecule has 0 aliphatic heterocycles. The molecule has 0 radical (unpaired) electrons. The Morgan fingerprint density at radius 1 is 1.39 bits per heavy atom. The monoisotopic (exact) mass is 248 g/mol. The van der Waals surface area contributed by atoms with Crippen molar-refractivity contribution in [3.05, 3.63) is 29.8 Å². The Balaban J connectivity index is 1.68. The van der Waals surface area contributed by atoms with Crippen LogP contribution in [0.5, 0.6) is 5.75 Å². The lowest BCUT2D eigenvalue weighted by atomic mass is 10.1. The van der Waals surface area contributed by atoms with Gasteiger partial charge in [0.2, 0.25) is 5.91 Å². The zero-order valence-electron chi connectivity index (χ0n) is 10.7. The van der Waals surface area contributed by atoms with Gasteiger partial charge in [-0.05, 0) is 30.9 Å². The van der Waals surface area contributed by atoms with Crippen LogP contribution in [0.15, 0.2) is 24.3 Å². The van der Waals surface area contributed by atoms with Gasteiger partial charge in [-0.1, -0.05) is 18.2 Å². The molecule has 0 spiro atoms. The number of hydrogen-bond donors (Lipinski definition) is 2. The highest BCUT2D eigenvalue weighted by molar-refractivity contribution is 5.78. The van der Waals surface area contributed by atoms with Gasteiger partial charge in [-0.15, -0.1) is 0 Å². The smallest absolute Gasteiger partial charge is 0.233 e. The number of rotatable bonds is 7. The number of amides is 1. The molecule has 2 N–H and O–H groups in total. The average Bonchev–Trinajstić information content (AvgIpc) is 3.21. The molecule has 4 heteroatoms. The fourth-order valence-corrected chi connectivity index (χ4v) is 1.83. The number of nitrogens with one attached hydrogen (secondary N) is 2. The van der Waals surface area contributed by atoms with Crippen molar-refractivity contribution in [3.8, 4) is 5.75 Å². The van der Waals surface area contributed by atoms with Crippen molar-refractivity contribution in [2.75, 3.05) is 20.2 Å². The predicted molar refractivity (Wildman–Crippen MR) is 70.7 cm³/mol. The number of methoxy groups -OCH3 is 1. The Morgan fingerprint density at radius 2 is 2.17 bits per heavy atom. The van der Waals surface area contributed by atoms with Gasteiger partial charge < -0.3 is 15.4 Å². The number of benzene rings is 1. The normalized spacial score (nSPS) is 14.3. The number of para-hydroxylation sites is 1. The summed E-state index contributed by atoms with van der Waals surface area (Å²) < 4.78 is 5.27. The first-order chi connectivity index (χ1) is 8.79. The third kappa shape index (κ3) is 4.04. The second-order valence-electron chi connectivity index (χ2n) is 4.57. The lowest BCUT2D eigenvalue weighted by molar-refractivity contribution is -0.120. The van der Waals surface area contributed by atoms with Gasteiger partial charge in [0.25, 0.3) is 0 Å². The van der Waals surface area contributed by atoms with Crippen LogP contribution in [0.3, 0.4) is 0 Å². The molecule has 1 aromatic rings. The number of carbonyl (C=O) groups excluding carboxylic acids is 1. The molecular weight excluding hydrogens is 228 g/mol. The van der Waals surface area contributed by atoms with Gasteiger partial charge in [-0.25, -0.2) is 0 Å². The van der Waals surface area contributed by atoms with Gasteiger partial charge in [0.05, 0.1) is 13.7 Å². The molecule has 0 aromatic heterocycles. The first-order valence-corrected chi connectivity index (χ1v) is 6.41. The average molecular weight is 248 g/mol. The molecular formula is C14H20N2O2. The maximum absolute atomic E-state index is 11.5. The molecule has 1 aliphatic carbocycles. The summed E-state index contributed by atoms with van der Waals surface area (Å²) >= 11 is 0. The zero-order chi connectivity index (χ0) is 12.8. The van der Waals surface area contributed by atoms with E-state index in [9.17, 15) is 4.79 Å². The van der Waals surface area contributed by atoms with E-state index in [1.54, 1.807) is 7.11 Å². The fourth-order valence-electron chi connectivity index (χ4n) is 1.83. The van der Waals surface area contributed by atoms with E-state index in [0.29, 0.717) is 19.1 Å². The first-order valence-electron chi connectivity index (χ1n) is 6.41. The summed E-state index contributed by atoms with van der Waals surface area (Å²) in [5, 5.41) is 6.10. The summed E-state index contributed by atoms with van der Waals surface area (Å²) in [4.78, 5) is 11.5. The minimum absolute atomic E-state index is 0.0665. The van der Waals surface area contributed by atoms with E-state index in [2.05, 4.69) is 10.6 Å². The SMILES string of the molecule is COc1ccccc1CCNC(=O)CNC1CC1. The van der Waals surface area contributed by atoms with E-state index in [4.69, 9.17) is 4.74 Å². The molecule has 0 atom stereocenters. The van der Waals surface area contributed by atoms with Gasteiger partial charge in [0.1, 0.15) is 5.75 Å². The predicted octanol–water partition coefficient (Wildman–Crippen LogP) is 1.11. The van der Waals surface area contributed by atoms with E-state index >= 15 is 0 Å². The second kappa shape index (κ2) is 6.40.